The molecule has 1 unspecified atom stereocenters. The lowest BCUT2D eigenvalue weighted by Crippen LogP contribution is -2.28. The van der Waals surface area contributed by atoms with Crippen molar-refractivity contribution in [3.63, 3.8) is 0 Å². The summed E-state index contributed by atoms with van der Waals surface area (Å²) < 4.78 is 10.2. The van der Waals surface area contributed by atoms with Gasteiger partial charge in [0, 0.05) is 30.4 Å². The van der Waals surface area contributed by atoms with Crippen molar-refractivity contribution in [1.82, 2.24) is 0 Å². The number of aromatic carboxylic acids is 1. The van der Waals surface area contributed by atoms with Gasteiger partial charge in [0.15, 0.2) is 0 Å². The highest BCUT2D eigenvalue weighted by atomic mass is 16.5. The summed E-state index contributed by atoms with van der Waals surface area (Å²) in [6, 6.07) is 11.3. The van der Waals surface area contributed by atoms with Crippen LogP contribution in [0.3, 0.4) is 0 Å². The second-order valence-corrected chi connectivity index (χ2v) is 6.31. The zero-order valence-corrected chi connectivity index (χ0v) is 15.5. The number of benzene rings is 2. The minimum atomic E-state index is -1.12. The van der Waals surface area contributed by atoms with Gasteiger partial charge in [-0.1, -0.05) is 0 Å². The quantitative estimate of drug-likeness (QED) is 0.792. The normalized spacial score (nSPS) is 16.0. The van der Waals surface area contributed by atoms with E-state index in [0.29, 0.717) is 17.1 Å². The molecule has 1 aliphatic heterocycles. The molecule has 1 heterocycles. The number of hydrogen-bond acceptors (Lipinski definition) is 5. The Bertz CT molecular complexity index is 909. The van der Waals surface area contributed by atoms with Crippen molar-refractivity contribution in [3.8, 4) is 11.5 Å². The van der Waals surface area contributed by atoms with Gasteiger partial charge in [-0.05, 0) is 36.4 Å². The van der Waals surface area contributed by atoms with Crippen LogP contribution in [0.15, 0.2) is 42.5 Å². The van der Waals surface area contributed by atoms with E-state index in [0.717, 1.165) is 0 Å². The van der Waals surface area contributed by atoms with E-state index in [-0.39, 0.29) is 36.1 Å². The van der Waals surface area contributed by atoms with Crippen LogP contribution in [0.4, 0.5) is 11.4 Å². The Balaban J connectivity index is 1.70. The van der Waals surface area contributed by atoms with E-state index < -0.39 is 11.9 Å². The third-order valence-corrected chi connectivity index (χ3v) is 4.58. The molecule has 0 saturated carbocycles. The molecule has 1 fully saturated rings. The Morgan fingerprint density at radius 1 is 1.11 bits per heavy atom. The second kappa shape index (κ2) is 7.99. The number of carboxylic acid groups (broad SMARTS) is 1. The summed E-state index contributed by atoms with van der Waals surface area (Å²) in [6.07, 6.45) is 0.0994. The number of amides is 2. The number of ether oxygens (including phenoxy) is 2. The van der Waals surface area contributed by atoms with E-state index in [4.69, 9.17) is 14.6 Å². The van der Waals surface area contributed by atoms with Crippen molar-refractivity contribution in [2.75, 3.05) is 31.0 Å². The third kappa shape index (κ3) is 3.90. The van der Waals surface area contributed by atoms with Crippen molar-refractivity contribution in [1.29, 1.82) is 0 Å². The smallest absolute Gasteiger partial charge is 0.339 e. The molecule has 2 aromatic rings. The molecule has 8 nitrogen and oxygen atoms in total. The van der Waals surface area contributed by atoms with Crippen LogP contribution < -0.4 is 19.7 Å². The monoisotopic (exact) mass is 384 g/mol. The Morgan fingerprint density at radius 2 is 1.82 bits per heavy atom. The van der Waals surface area contributed by atoms with E-state index in [9.17, 15) is 14.4 Å². The first kappa shape index (κ1) is 19.2. The lowest BCUT2D eigenvalue weighted by Gasteiger charge is -2.17. The van der Waals surface area contributed by atoms with Crippen molar-refractivity contribution >= 4 is 29.2 Å². The van der Waals surface area contributed by atoms with Crippen molar-refractivity contribution in [2.24, 2.45) is 5.92 Å². The van der Waals surface area contributed by atoms with E-state index >= 15 is 0 Å². The first-order chi connectivity index (χ1) is 13.4. The zero-order chi connectivity index (χ0) is 20.3. The Morgan fingerprint density at radius 3 is 2.43 bits per heavy atom. The van der Waals surface area contributed by atoms with Crippen LogP contribution >= 0.6 is 0 Å². The maximum absolute atomic E-state index is 12.6. The van der Waals surface area contributed by atoms with Gasteiger partial charge in [0.2, 0.25) is 11.8 Å². The average molecular weight is 384 g/mol. The third-order valence-electron chi connectivity index (χ3n) is 4.58. The molecule has 1 saturated heterocycles. The number of hydrogen-bond donors (Lipinski definition) is 2. The fraction of sp³-hybridized carbons (Fsp3) is 0.250. The van der Waals surface area contributed by atoms with E-state index in [2.05, 4.69) is 5.32 Å². The molecule has 0 aromatic heterocycles. The second-order valence-electron chi connectivity index (χ2n) is 6.31. The highest BCUT2D eigenvalue weighted by Crippen LogP contribution is 2.28. The highest BCUT2D eigenvalue weighted by Gasteiger charge is 2.35. The minimum Gasteiger partial charge on any atom is -0.497 e. The Labute approximate surface area is 161 Å². The SMILES string of the molecule is COc1ccc(N2CC(C(=O)Nc3ccc(C(=O)O)c(OC)c3)CC2=O)cc1. The van der Waals surface area contributed by atoms with Gasteiger partial charge in [-0.25, -0.2) is 4.79 Å². The number of carboxylic acids is 1. The highest BCUT2D eigenvalue weighted by molar-refractivity contribution is 6.03. The summed E-state index contributed by atoms with van der Waals surface area (Å²) in [6.45, 7) is 0.265. The van der Waals surface area contributed by atoms with Crippen LogP contribution in [-0.4, -0.2) is 43.7 Å². The maximum Gasteiger partial charge on any atom is 0.339 e. The van der Waals surface area contributed by atoms with Crippen LogP contribution in [0.25, 0.3) is 0 Å². The molecular weight excluding hydrogens is 364 g/mol. The number of nitrogens with zero attached hydrogens (tertiary/aromatic N) is 1. The van der Waals surface area contributed by atoms with E-state index in [1.54, 1.807) is 36.3 Å². The predicted octanol–water partition coefficient (Wildman–Crippen LogP) is 2.39. The molecule has 0 radical (unpaired) electrons. The minimum absolute atomic E-state index is 0.00206. The molecule has 1 aliphatic rings. The summed E-state index contributed by atoms with van der Waals surface area (Å²) in [7, 11) is 2.92. The van der Waals surface area contributed by atoms with Crippen LogP contribution in [-0.2, 0) is 9.59 Å². The average Bonchev–Trinajstić information content (AvgIpc) is 3.09. The molecule has 0 spiro atoms. The number of carbonyl (C=O) groups excluding carboxylic acids is 2. The molecule has 0 bridgehead atoms. The lowest BCUT2D eigenvalue weighted by atomic mass is 10.1. The first-order valence-electron chi connectivity index (χ1n) is 8.59. The van der Waals surface area contributed by atoms with Gasteiger partial charge in [-0.3, -0.25) is 9.59 Å². The number of nitrogens with one attached hydrogen (secondary N) is 1. The summed E-state index contributed by atoms with van der Waals surface area (Å²) >= 11 is 0. The van der Waals surface area contributed by atoms with Gasteiger partial charge in [0.05, 0.1) is 20.1 Å². The largest absolute Gasteiger partial charge is 0.497 e. The lowest BCUT2D eigenvalue weighted by molar-refractivity contribution is -0.122. The molecule has 2 N–H and O–H groups in total. The molecule has 2 amide bonds. The Hall–Kier alpha value is -3.55. The Kier molecular flexibility index (Phi) is 5.49. The standard InChI is InChI=1S/C20H20N2O6/c1-27-15-6-4-14(5-7-15)22-11-12(9-18(22)23)19(24)21-13-3-8-16(20(25)26)17(10-13)28-2/h3-8,10,12H,9,11H2,1-2H3,(H,21,24)(H,25,26). The fourth-order valence-corrected chi connectivity index (χ4v) is 3.08. The first-order valence-corrected chi connectivity index (χ1v) is 8.59. The zero-order valence-electron chi connectivity index (χ0n) is 15.5. The molecule has 0 aliphatic carbocycles. The van der Waals surface area contributed by atoms with Crippen molar-refractivity contribution in [2.45, 2.75) is 6.42 Å². The van der Waals surface area contributed by atoms with Gasteiger partial charge < -0.3 is 24.8 Å². The van der Waals surface area contributed by atoms with Crippen molar-refractivity contribution < 1.29 is 29.0 Å². The van der Waals surface area contributed by atoms with Crippen LogP contribution in [0.1, 0.15) is 16.8 Å². The molecule has 3 rings (SSSR count). The summed E-state index contributed by atoms with van der Waals surface area (Å²) in [5.41, 5.74) is 1.11. The van der Waals surface area contributed by atoms with Gasteiger partial charge in [-0.2, -0.15) is 0 Å². The molecule has 146 valence electrons. The maximum atomic E-state index is 12.6. The number of rotatable bonds is 6. The fourth-order valence-electron chi connectivity index (χ4n) is 3.08. The topological polar surface area (TPSA) is 105 Å². The van der Waals surface area contributed by atoms with Crippen molar-refractivity contribution in [3.05, 3.63) is 48.0 Å². The summed E-state index contributed by atoms with van der Waals surface area (Å²) in [5.74, 6) is -1.25. The van der Waals surface area contributed by atoms with E-state index in [1.807, 2.05) is 0 Å². The number of methoxy groups -OCH3 is 2. The predicted molar refractivity (Wildman–Crippen MR) is 102 cm³/mol. The van der Waals surface area contributed by atoms with Gasteiger partial charge >= 0.3 is 5.97 Å². The number of carbonyl (C=O) groups is 3. The molecular formula is C20H20N2O6. The van der Waals surface area contributed by atoms with Crippen LogP contribution in [0.2, 0.25) is 0 Å². The van der Waals surface area contributed by atoms with Gasteiger partial charge in [0.25, 0.3) is 0 Å². The summed E-state index contributed by atoms with van der Waals surface area (Å²) in [4.78, 5) is 37.7. The molecule has 1 atom stereocenters. The number of anilines is 2. The van der Waals surface area contributed by atoms with Crippen LogP contribution in [0.5, 0.6) is 11.5 Å². The van der Waals surface area contributed by atoms with Crippen LogP contribution in [0, 0.1) is 5.92 Å². The van der Waals surface area contributed by atoms with Gasteiger partial charge in [-0.15, -0.1) is 0 Å². The summed E-state index contributed by atoms with van der Waals surface area (Å²) in [5, 5.41) is 11.8. The van der Waals surface area contributed by atoms with Gasteiger partial charge in [0.1, 0.15) is 17.1 Å². The molecule has 8 heteroatoms. The molecule has 2 aromatic carbocycles. The van der Waals surface area contributed by atoms with E-state index in [1.165, 1.54) is 25.3 Å². The molecule has 28 heavy (non-hydrogen) atoms.